The Labute approximate surface area is 260 Å². The highest BCUT2D eigenvalue weighted by Gasteiger charge is 2.71. The molecule has 0 bridgehead atoms. The van der Waals surface area contributed by atoms with E-state index in [1.807, 2.05) is 0 Å². The molecule has 5 fully saturated rings. The molecule has 5 rings (SSSR count). The number of fused-ring (bicyclic) bond motifs is 7. The summed E-state index contributed by atoms with van der Waals surface area (Å²) in [6.07, 6.45) is 12.9. The maximum atomic E-state index is 12.3. The number of aliphatic carboxylic acids is 1. The maximum Gasteiger partial charge on any atom is 0.306 e. The monoisotopic (exact) mass is 600 g/mol. The molecule has 0 aromatic heterocycles. The first-order valence-corrected chi connectivity index (χ1v) is 17.6. The molecule has 43 heavy (non-hydrogen) atoms. The molecule has 5 aliphatic rings. The second-order valence-corrected chi connectivity index (χ2v) is 17.3. The second kappa shape index (κ2) is 11.3. The fraction of sp³-hybridized carbons (Fsp3) is 0.919. The number of carbonyl (C=O) groups is 3. The fourth-order valence-corrected chi connectivity index (χ4v) is 13.0. The average molecular weight is 601 g/mol. The maximum absolute atomic E-state index is 12.3. The number of rotatable bonds is 8. The topological polar surface area (TPSA) is 89.9 Å². The molecular formula is C37H60O6. The molecule has 10 atom stereocenters. The van der Waals surface area contributed by atoms with Gasteiger partial charge in [0.25, 0.3) is 0 Å². The normalized spacial score (nSPS) is 44.9. The van der Waals surface area contributed by atoms with Crippen LogP contribution in [0, 0.1) is 62.6 Å². The van der Waals surface area contributed by atoms with Gasteiger partial charge in [0.1, 0.15) is 6.10 Å². The predicted molar refractivity (Wildman–Crippen MR) is 167 cm³/mol. The summed E-state index contributed by atoms with van der Waals surface area (Å²) in [7, 11) is 0. The molecule has 5 aliphatic carbocycles. The van der Waals surface area contributed by atoms with Gasteiger partial charge in [-0.2, -0.15) is 0 Å². The van der Waals surface area contributed by atoms with Gasteiger partial charge in [-0.1, -0.05) is 48.5 Å². The third-order valence-corrected chi connectivity index (χ3v) is 15.2. The summed E-state index contributed by atoms with van der Waals surface area (Å²) in [6.45, 7) is 19.5. The first kappa shape index (κ1) is 32.8. The van der Waals surface area contributed by atoms with Gasteiger partial charge in [-0.15, -0.1) is 0 Å². The summed E-state index contributed by atoms with van der Waals surface area (Å²) in [5.74, 6) is 2.45. The lowest BCUT2D eigenvalue weighted by Crippen LogP contribution is -2.66. The number of carbonyl (C=O) groups excluding carboxylic acids is 2. The minimum atomic E-state index is -0.953. The Morgan fingerprint density at radius 2 is 1.53 bits per heavy atom. The first-order chi connectivity index (χ1) is 20.0. The van der Waals surface area contributed by atoms with E-state index < -0.39 is 5.97 Å². The van der Waals surface area contributed by atoms with Crippen LogP contribution in [0.1, 0.15) is 139 Å². The zero-order valence-electron chi connectivity index (χ0n) is 28.4. The van der Waals surface area contributed by atoms with Crippen molar-refractivity contribution in [2.75, 3.05) is 6.61 Å². The van der Waals surface area contributed by atoms with E-state index in [4.69, 9.17) is 14.6 Å². The van der Waals surface area contributed by atoms with Gasteiger partial charge < -0.3 is 14.6 Å². The summed E-state index contributed by atoms with van der Waals surface area (Å²) in [6, 6.07) is 0. The summed E-state index contributed by atoms with van der Waals surface area (Å²) >= 11 is 0. The van der Waals surface area contributed by atoms with Crippen molar-refractivity contribution in [2.24, 2.45) is 62.6 Å². The number of hydrogen-bond donors (Lipinski definition) is 1. The van der Waals surface area contributed by atoms with Crippen LogP contribution in [0.15, 0.2) is 0 Å². The third-order valence-electron chi connectivity index (χ3n) is 15.2. The highest BCUT2D eigenvalue weighted by atomic mass is 16.5. The van der Waals surface area contributed by atoms with E-state index in [-0.39, 0.29) is 58.0 Å². The zero-order valence-corrected chi connectivity index (χ0v) is 28.4. The SMILES string of the molecule is CC(=O)OC1CC[C@@]2(C)C(CC[C@]3(C)C2CCC2C4C(C(C)C)CC[C@]4(CCOC(=O)CCC(=O)O)CC[C@]23C)C1(C)C. The first-order valence-electron chi connectivity index (χ1n) is 17.6. The van der Waals surface area contributed by atoms with Crippen LogP contribution in [0.25, 0.3) is 0 Å². The van der Waals surface area contributed by atoms with Crippen molar-refractivity contribution in [3.63, 3.8) is 0 Å². The number of hydrogen-bond acceptors (Lipinski definition) is 5. The highest BCUT2D eigenvalue weighted by Crippen LogP contribution is 2.78. The Hall–Kier alpha value is -1.59. The molecule has 0 spiro atoms. The van der Waals surface area contributed by atoms with Gasteiger partial charge in [0.05, 0.1) is 19.4 Å². The molecule has 6 heteroatoms. The lowest BCUT2D eigenvalue weighted by atomic mass is 9.32. The number of carboxylic acids is 1. The average Bonchev–Trinajstić information content (AvgIpc) is 3.29. The highest BCUT2D eigenvalue weighted by molar-refractivity contribution is 5.76. The van der Waals surface area contributed by atoms with Gasteiger partial charge in [-0.25, -0.2) is 0 Å². The zero-order chi connectivity index (χ0) is 31.6. The third kappa shape index (κ3) is 5.17. The van der Waals surface area contributed by atoms with Crippen LogP contribution in [-0.4, -0.2) is 35.7 Å². The van der Waals surface area contributed by atoms with Crippen LogP contribution in [0.3, 0.4) is 0 Å². The van der Waals surface area contributed by atoms with Gasteiger partial charge in [0.2, 0.25) is 0 Å². The van der Waals surface area contributed by atoms with E-state index in [0.717, 1.165) is 19.3 Å². The van der Waals surface area contributed by atoms with Crippen molar-refractivity contribution < 1.29 is 29.0 Å². The van der Waals surface area contributed by atoms with E-state index >= 15 is 0 Å². The lowest BCUT2D eigenvalue weighted by molar-refractivity contribution is -0.252. The molecule has 244 valence electrons. The van der Waals surface area contributed by atoms with Gasteiger partial charge in [-0.05, 0) is 128 Å². The van der Waals surface area contributed by atoms with Crippen LogP contribution in [0.2, 0.25) is 0 Å². The number of esters is 2. The molecule has 5 saturated carbocycles. The quantitative estimate of drug-likeness (QED) is 0.281. The van der Waals surface area contributed by atoms with Crippen molar-refractivity contribution in [1.82, 2.24) is 0 Å². The predicted octanol–water partition coefficient (Wildman–Crippen LogP) is 8.45. The van der Waals surface area contributed by atoms with Crippen molar-refractivity contribution in [2.45, 2.75) is 145 Å². The Morgan fingerprint density at radius 3 is 2.19 bits per heavy atom. The Bertz CT molecular complexity index is 1100. The van der Waals surface area contributed by atoms with Gasteiger partial charge in [0.15, 0.2) is 0 Å². The van der Waals surface area contributed by atoms with E-state index in [1.54, 1.807) is 6.92 Å². The lowest BCUT2D eigenvalue weighted by Gasteiger charge is -2.73. The molecule has 6 nitrogen and oxygen atoms in total. The smallest absolute Gasteiger partial charge is 0.306 e. The summed E-state index contributed by atoms with van der Waals surface area (Å²) in [4.78, 5) is 35.2. The Kier molecular flexibility index (Phi) is 8.64. The molecule has 0 heterocycles. The molecule has 0 saturated heterocycles. The van der Waals surface area contributed by atoms with E-state index in [9.17, 15) is 14.4 Å². The minimum Gasteiger partial charge on any atom is -0.481 e. The van der Waals surface area contributed by atoms with Crippen molar-refractivity contribution in [3.8, 4) is 0 Å². The molecule has 0 aliphatic heterocycles. The van der Waals surface area contributed by atoms with E-state index in [0.29, 0.717) is 42.1 Å². The molecule has 0 aromatic rings. The largest absolute Gasteiger partial charge is 0.481 e. The standard InChI is InChI=1S/C37H60O6/c1-23(2)25-13-18-37(21-22-42-31(41)12-11-30(39)40)20-19-35(7)26(32(25)37)9-10-28-34(6)16-15-29(43-24(3)38)33(4,5)27(34)14-17-36(28,35)8/h23,25-29,32H,9-22H2,1-8H3,(H,39,40)/t25?,26?,27?,28?,29?,32?,34-,35+,36+,37+/m0/s1. The van der Waals surface area contributed by atoms with Gasteiger partial charge in [0, 0.05) is 12.3 Å². The van der Waals surface area contributed by atoms with E-state index in [2.05, 4.69) is 48.5 Å². The Morgan fingerprint density at radius 1 is 0.814 bits per heavy atom. The summed E-state index contributed by atoms with van der Waals surface area (Å²) < 4.78 is 11.6. The number of ether oxygens (including phenoxy) is 2. The molecule has 6 unspecified atom stereocenters. The molecule has 0 amide bonds. The van der Waals surface area contributed by atoms with Crippen LogP contribution in [0.4, 0.5) is 0 Å². The van der Waals surface area contributed by atoms with Crippen molar-refractivity contribution in [3.05, 3.63) is 0 Å². The van der Waals surface area contributed by atoms with Crippen molar-refractivity contribution >= 4 is 17.9 Å². The summed E-state index contributed by atoms with van der Waals surface area (Å²) in [5.41, 5.74) is 1.03. The summed E-state index contributed by atoms with van der Waals surface area (Å²) in [5, 5.41) is 8.96. The molecule has 1 N–H and O–H groups in total. The van der Waals surface area contributed by atoms with Gasteiger partial charge in [-0.3, -0.25) is 14.4 Å². The van der Waals surface area contributed by atoms with E-state index in [1.165, 1.54) is 51.4 Å². The molecule has 0 aromatic carbocycles. The van der Waals surface area contributed by atoms with Crippen molar-refractivity contribution in [1.29, 1.82) is 0 Å². The van der Waals surface area contributed by atoms with Crippen LogP contribution in [-0.2, 0) is 23.9 Å². The van der Waals surface area contributed by atoms with Crippen LogP contribution in [0.5, 0.6) is 0 Å². The second-order valence-electron chi connectivity index (χ2n) is 17.3. The molecule has 0 radical (unpaired) electrons. The van der Waals surface area contributed by atoms with Crippen LogP contribution >= 0.6 is 0 Å². The fourth-order valence-electron chi connectivity index (χ4n) is 13.0. The van der Waals surface area contributed by atoms with Crippen LogP contribution < -0.4 is 0 Å². The minimum absolute atomic E-state index is 0.0122. The van der Waals surface area contributed by atoms with Gasteiger partial charge >= 0.3 is 17.9 Å². The number of carboxylic acid groups (broad SMARTS) is 1. The molecular weight excluding hydrogens is 540 g/mol. The Balaban J connectivity index is 1.40.